The van der Waals surface area contributed by atoms with Crippen LogP contribution in [0.1, 0.15) is 20.7 Å². The molecule has 0 atom stereocenters. The summed E-state index contributed by atoms with van der Waals surface area (Å²) < 4.78 is 9.34. The summed E-state index contributed by atoms with van der Waals surface area (Å²) in [7, 11) is 1.82. The highest BCUT2D eigenvalue weighted by Gasteiger charge is 2.42. The van der Waals surface area contributed by atoms with Crippen molar-refractivity contribution >= 4 is 23.2 Å². The van der Waals surface area contributed by atoms with E-state index in [4.69, 9.17) is 11.5 Å². The van der Waals surface area contributed by atoms with E-state index >= 15 is 0 Å². The monoisotopic (exact) mass is 314 g/mol. The lowest BCUT2D eigenvalue weighted by Crippen LogP contribution is -2.21. The summed E-state index contributed by atoms with van der Waals surface area (Å²) in [5.41, 5.74) is 6.16. The highest BCUT2D eigenvalue weighted by molar-refractivity contribution is 6.09. The third-order valence-electron chi connectivity index (χ3n) is 2.62. The van der Waals surface area contributed by atoms with Crippen LogP contribution in [0.4, 0.5) is 11.4 Å². The topological polar surface area (TPSA) is 191 Å². The van der Waals surface area contributed by atoms with Gasteiger partial charge in [-0.1, -0.05) is 0 Å². The molecule has 0 aliphatic rings. The number of nitro benzene ring substituents is 2. The van der Waals surface area contributed by atoms with Gasteiger partial charge < -0.3 is 20.9 Å². The zero-order chi connectivity index (χ0) is 17.2. The van der Waals surface area contributed by atoms with E-state index in [0.29, 0.717) is 0 Å². The van der Waals surface area contributed by atoms with Gasteiger partial charge in [0.2, 0.25) is 11.5 Å². The van der Waals surface area contributed by atoms with Crippen molar-refractivity contribution < 1.29 is 28.9 Å². The van der Waals surface area contributed by atoms with Crippen molar-refractivity contribution in [3.63, 3.8) is 0 Å². The number of ether oxygens (including phenoxy) is 2. The minimum absolute atomic E-state index is 0.848. The van der Waals surface area contributed by atoms with Crippen molar-refractivity contribution in [1.29, 1.82) is 0 Å². The first-order valence-corrected chi connectivity index (χ1v) is 5.39. The molecule has 22 heavy (non-hydrogen) atoms. The van der Waals surface area contributed by atoms with Gasteiger partial charge in [-0.05, 0) is 0 Å². The van der Waals surface area contributed by atoms with Crippen molar-refractivity contribution in [3.05, 3.63) is 31.4 Å². The normalized spacial score (nSPS) is 9.91. The Kier molecular flexibility index (Phi) is 4.46. The maximum atomic E-state index is 11.5. The van der Waals surface area contributed by atoms with E-state index in [2.05, 4.69) is 9.47 Å². The molecule has 0 unspecified atom stereocenters. The van der Waals surface area contributed by atoms with Crippen LogP contribution in [0.25, 0.3) is 0 Å². The summed E-state index contributed by atoms with van der Waals surface area (Å²) in [4.78, 5) is 43.1. The van der Waals surface area contributed by atoms with E-state index < -0.39 is 55.7 Å². The molecule has 4 N–H and O–H groups in total. The fourth-order valence-corrected chi connectivity index (χ4v) is 1.88. The number of rotatable bonds is 6. The van der Waals surface area contributed by atoms with Gasteiger partial charge in [-0.2, -0.15) is 0 Å². The van der Waals surface area contributed by atoms with Crippen LogP contribution in [0, 0.1) is 20.2 Å². The number of nitrogens with two attached hydrogens (primary N) is 2. The van der Waals surface area contributed by atoms with Crippen molar-refractivity contribution in [2.75, 3.05) is 14.2 Å². The molecule has 0 fully saturated rings. The summed E-state index contributed by atoms with van der Waals surface area (Å²) in [5.74, 6) is -4.44. The van der Waals surface area contributed by atoms with E-state index in [0.717, 1.165) is 14.2 Å². The maximum Gasteiger partial charge on any atom is 0.328 e. The molecular weight excluding hydrogens is 304 g/mol. The highest BCUT2D eigenvalue weighted by Crippen LogP contribution is 2.47. The summed E-state index contributed by atoms with van der Waals surface area (Å²) in [5, 5.41) is 22.3. The van der Waals surface area contributed by atoms with Crippen LogP contribution in [-0.2, 0) is 0 Å². The second kappa shape index (κ2) is 5.90. The molecule has 0 radical (unpaired) electrons. The number of hydrogen-bond acceptors (Lipinski definition) is 8. The molecule has 118 valence electrons. The molecule has 0 bridgehead atoms. The lowest BCUT2D eigenvalue weighted by molar-refractivity contribution is -0.390. The predicted molar refractivity (Wildman–Crippen MR) is 69.9 cm³/mol. The van der Waals surface area contributed by atoms with Gasteiger partial charge >= 0.3 is 11.4 Å². The Hall–Kier alpha value is -3.44. The maximum absolute atomic E-state index is 11.5. The van der Waals surface area contributed by atoms with E-state index in [1.807, 2.05) is 0 Å². The molecule has 0 aliphatic carbocycles. The number of nitro groups is 2. The van der Waals surface area contributed by atoms with E-state index in [9.17, 15) is 29.8 Å². The van der Waals surface area contributed by atoms with Crippen molar-refractivity contribution in [3.8, 4) is 11.5 Å². The van der Waals surface area contributed by atoms with Crippen molar-refractivity contribution in [1.82, 2.24) is 0 Å². The van der Waals surface area contributed by atoms with E-state index in [-0.39, 0.29) is 0 Å². The number of carbonyl (C=O) groups excluding carboxylic acids is 2. The Morgan fingerprint density at radius 1 is 0.864 bits per heavy atom. The fourth-order valence-electron chi connectivity index (χ4n) is 1.88. The number of amides is 2. The zero-order valence-electron chi connectivity index (χ0n) is 11.3. The van der Waals surface area contributed by atoms with Gasteiger partial charge in [-0.15, -0.1) is 0 Å². The average molecular weight is 314 g/mol. The standard InChI is InChI=1S/C10H10N4O8/c1-21-7-3(9(11)15)6(14(19)20)8(22-2)4(10(12)16)5(7)13(17)18/h1-2H3,(H2,11,15)(H2,12,16). The fraction of sp³-hybridized carbons (Fsp3) is 0.200. The van der Waals surface area contributed by atoms with Crippen LogP contribution in [0.5, 0.6) is 11.5 Å². The van der Waals surface area contributed by atoms with Gasteiger partial charge in [0.05, 0.1) is 24.1 Å². The van der Waals surface area contributed by atoms with Gasteiger partial charge in [-0.3, -0.25) is 29.8 Å². The predicted octanol–water partition coefficient (Wildman–Crippen LogP) is -0.282. The minimum Gasteiger partial charge on any atom is -0.489 e. The number of hydrogen-bond donors (Lipinski definition) is 2. The van der Waals surface area contributed by atoms with Crippen molar-refractivity contribution in [2.45, 2.75) is 0 Å². The van der Waals surface area contributed by atoms with Crippen LogP contribution < -0.4 is 20.9 Å². The van der Waals surface area contributed by atoms with Crippen LogP contribution in [-0.4, -0.2) is 35.9 Å². The highest BCUT2D eigenvalue weighted by atomic mass is 16.6. The second-order valence-electron chi connectivity index (χ2n) is 3.76. The number of methoxy groups -OCH3 is 2. The average Bonchev–Trinajstić information content (AvgIpc) is 2.42. The molecule has 0 saturated carbocycles. The Labute approximate surface area is 121 Å². The minimum atomic E-state index is -1.37. The molecular formula is C10H10N4O8. The lowest BCUT2D eigenvalue weighted by atomic mass is 10.0. The first-order chi connectivity index (χ1) is 10.2. The molecule has 0 aliphatic heterocycles. The molecule has 0 spiro atoms. The third kappa shape index (κ3) is 2.44. The third-order valence-corrected chi connectivity index (χ3v) is 2.62. The summed E-state index contributed by atoms with van der Waals surface area (Å²) >= 11 is 0. The van der Waals surface area contributed by atoms with Crippen LogP contribution in [0.15, 0.2) is 0 Å². The van der Waals surface area contributed by atoms with Crippen molar-refractivity contribution in [2.24, 2.45) is 11.5 Å². The molecule has 12 heteroatoms. The number of carbonyl (C=O) groups is 2. The zero-order valence-corrected chi connectivity index (χ0v) is 11.3. The largest absolute Gasteiger partial charge is 0.489 e. The van der Waals surface area contributed by atoms with Crippen LogP contribution >= 0.6 is 0 Å². The van der Waals surface area contributed by atoms with Crippen LogP contribution in [0.3, 0.4) is 0 Å². The quantitative estimate of drug-likeness (QED) is 0.528. The molecule has 1 aromatic carbocycles. The first kappa shape index (κ1) is 16.6. The number of primary amides is 2. The van der Waals surface area contributed by atoms with Crippen LogP contribution in [0.2, 0.25) is 0 Å². The molecule has 1 aromatic rings. The second-order valence-corrected chi connectivity index (χ2v) is 3.76. The summed E-state index contributed by atoms with van der Waals surface area (Å²) in [6.45, 7) is 0. The molecule has 1 rings (SSSR count). The van der Waals surface area contributed by atoms with Gasteiger partial charge in [0.15, 0.2) is 11.1 Å². The molecule has 0 heterocycles. The van der Waals surface area contributed by atoms with Gasteiger partial charge in [0, 0.05) is 0 Å². The Morgan fingerprint density at radius 2 is 1.14 bits per heavy atom. The molecule has 12 nitrogen and oxygen atoms in total. The number of nitrogens with zero attached hydrogens (tertiary/aromatic N) is 2. The lowest BCUT2D eigenvalue weighted by Gasteiger charge is -2.13. The van der Waals surface area contributed by atoms with Gasteiger partial charge in [-0.25, -0.2) is 0 Å². The van der Waals surface area contributed by atoms with E-state index in [1.165, 1.54) is 0 Å². The Morgan fingerprint density at radius 3 is 1.27 bits per heavy atom. The summed E-state index contributed by atoms with van der Waals surface area (Å²) in [6.07, 6.45) is 0. The Balaban J connectivity index is 4.24. The number of benzene rings is 1. The Bertz CT molecular complexity index is 587. The summed E-state index contributed by atoms with van der Waals surface area (Å²) in [6, 6.07) is 0. The van der Waals surface area contributed by atoms with Gasteiger partial charge in [0.1, 0.15) is 0 Å². The van der Waals surface area contributed by atoms with Gasteiger partial charge in [0.25, 0.3) is 11.8 Å². The first-order valence-electron chi connectivity index (χ1n) is 5.39. The molecule has 0 saturated heterocycles. The smallest absolute Gasteiger partial charge is 0.328 e. The van der Waals surface area contributed by atoms with E-state index in [1.54, 1.807) is 0 Å². The SMILES string of the molecule is COc1c(C(N)=O)c([N+](=O)[O-])c(OC)c(C(N)=O)c1[N+](=O)[O-]. The molecule has 2 amide bonds. The molecule has 0 aromatic heterocycles.